The third-order valence-electron chi connectivity index (χ3n) is 3.71. The zero-order valence-electron chi connectivity index (χ0n) is 12.2. The maximum absolute atomic E-state index is 13.1. The van der Waals surface area contributed by atoms with Crippen LogP contribution in [0.15, 0.2) is 67.3 Å². The maximum atomic E-state index is 13.1. The van der Waals surface area contributed by atoms with Gasteiger partial charge in [0.25, 0.3) is 0 Å². The molecule has 4 nitrogen and oxygen atoms in total. The second-order valence-electron chi connectivity index (χ2n) is 5.26. The number of benzene rings is 2. The van der Waals surface area contributed by atoms with Gasteiger partial charge in [0, 0.05) is 5.56 Å². The van der Waals surface area contributed by atoms with Crippen LogP contribution in [0.25, 0.3) is 22.4 Å². The summed E-state index contributed by atoms with van der Waals surface area (Å²) in [5, 5.41) is 0. The summed E-state index contributed by atoms with van der Waals surface area (Å²) in [7, 11) is 0. The summed E-state index contributed by atoms with van der Waals surface area (Å²) in [5.74, 6) is -0.270. The fourth-order valence-electron chi connectivity index (χ4n) is 2.60. The van der Waals surface area contributed by atoms with E-state index in [0.717, 1.165) is 16.7 Å². The molecule has 0 N–H and O–H groups in total. The SMILES string of the molecule is Fc1ccc(-c2ncnc3c2ncn3Cc2ccccc2)cc1. The number of hydrogen-bond donors (Lipinski definition) is 0. The van der Waals surface area contributed by atoms with Gasteiger partial charge >= 0.3 is 0 Å². The van der Waals surface area contributed by atoms with Crippen molar-refractivity contribution >= 4 is 11.2 Å². The van der Waals surface area contributed by atoms with Crippen molar-refractivity contribution in [3.63, 3.8) is 0 Å². The van der Waals surface area contributed by atoms with Gasteiger partial charge in [-0.05, 0) is 29.8 Å². The quantitative estimate of drug-likeness (QED) is 0.580. The number of aromatic nitrogens is 4. The number of rotatable bonds is 3. The molecule has 0 aliphatic heterocycles. The molecule has 2 aromatic carbocycles. The summed E-state index contributed by atoms with van der Waals surface area (Å²) >= 11 is 0. The Morgan fingerprint density at radius 2 is 1.65 bits per heavy atom. The normalized spacial score (nSPS) is 11.0. The highest BCUT2D eigenvalue weighted by Crippen LogP contribution is 2.24. The monoisotopic (exact) mass is 304 g/mol. The van der Waals surface area contributed by atoms with Crippen LogP contribution >= 0.6 is 0 Å². The van der Waals surface area contributed by atoms with E-state index in [1.807, 2.05) is 22.8 Å². The minimum absolute atomic E-state index is 0.270. The molecule has 0 spiro atoms. The molecular weight excluding hydrogens is 291 g/mol. The number of halogens is 1. The van der Waals surface area contributed by atoms with Crippen LogP contribution in [0.4, 0.5) is 4.39 Å². The van der Waals surface area contributed by atoms with Gasteiger partial charge in [-0.2, -0.15) is 0 Å². The summed E-state index contributed by atoms with van der Waals surface area (Å²) in [6, 6.07) is 16.4. The molecule has 4 rings (SSSR count). The van der Waals surface area contributed by atoms with E-state index in [0.29, 0.717) is 12.2 Å². The first-order chi connectivity index (χ1) is 11.3. The largest absolute Gasteiger partial charge is 0.311 e. The summed E-state index contributed by atoms with van der Waals surface area (Å²) < 4.78 is 15.1. The minimum Gasteiger partial charge on any atom is -0.311 e. The summed E-state index contributed by atoms with van der Waals surface area (Å²) in [6.07, 6.45) is 3.28. The van der Waals surface area contributed by atoms with Gasteiger partial charge in [-0.3, -0.25) is 0 Å². The van der Waals surface area contributed by atoms with E-state index in [4.69, 9.17) is 0 Å². The molecule has 0 aliphatic carbocycles. The third-order valence-corrected chi connectivity index (χ3v) is 3.71. The first-order valence-electron chi connectivity index (χ1n) is 7.27. The van der Waals surface area contributed by atoms with Crippen molar-refractivity contribution in [3.8, 4) is 11.3 Å². The van der Waals surface area contributed by atoms with Crippen molar-refractivity contribution in [1.82, 2.24) is 19.5 Å². The van der Waals surface area contributed by atoms with Gasteiger partial charge < -0.3 is 4.57 Å². The number of imidazole rings is 1. The summed E-state index contributed by atoms with van der Waals surface area (Å²) in [4.78, 5) is 13.1. The lowest BCUT2D eigenvalue weighted by molar-refractivity contribution is 0.628. The van der Waals surface area contributed by atoms with Crippen molar-refractivity contribution in [2.75, 3.05) is 0 Å². The Morgan fingerprint density at radius 1 is 0.870 bits per heavy atom. The zero-order valence-corrected chi connectivity index (χ0v) is 12.2. The van der Waals surface area contributed by atoms with E-state index in [2.05, 4.69) is 27.1 Å². The lowest BCUT2D eigenvalue weighted by Gasteiger charge is -2.05. The lowest BCUT2D eigenvalue weighted by Crippen LogP contribution is -1.99. The van der Waals surface area contributed by atoms with Crippen LogP contribution in [0, 0.1) is 5.82 Å². The fraction of sp³-hybridized carbons (Fsp3) is 0.0556. The second kappa shape index (κ2) is 5.61. The van der Waals surface area contributed by atoms with Crippen molar-refractivity contribution in [3.05, 3.63) is 78.6 Å². The predicted octanol–water partition coefficient (Wildman–Crippen LogP) is 3.68. The molecule has 2 heterocycles. The van der Waals surface area contributed by atoms with Crippen LogP contribution in [0.1, 0.15) is 5.56 Å². The highest BCUT2D eigenvalue weighted by molar-refractivity contribution is 5.87. The predicted molar refractivity (Wildman–Crippen MR) is 86.3 cm³/mol. The van der Waals surface area contributed by atoms with Gasteiger partial charge in [0.1, 0.15) is 23.4 Å². The van der Waals surface area contributed by atoms with Gasteiger partial charge in [-0.1, -0.05) is 30.3 Å². The molecule has 0 saturated carbocycles. The second-order valence-corrected chi connectivity index (χ2v) is 5.26. The standard InChI is InChI=1S/C18H13FN4/c19-15-8-6-14(7-9-15)16-17-18(21-11-20-16)23(12-22-17)10-13-4-2-1-3-5-13/h1-9,11-12H,10H2. The Kier molecular flexibility index (Phi) is 3.31. The molecule has 0 radical (unpaired) electrons. The Labute approximate surface area is 132 Å². The number of fused-ring (bicyclic) bond motifs is 1. The molecule has 0 fully saturated rings. The highest BCUT2D eigenvalue weighted by atomic mass is 19.1. The van der Waals surface area contributed by atoms with Crippen molar-refractivity contribution in [1.29, 1.82) is 0 Å². The van der Waals surface area contributed by atoms with Gasteiger partial charge in [0.2, 0.25) is 0 Å². The van der Waals surface area contributed by atoms with E-state index in [-0.39, 0.29) is 5.82 Å². The highest BCUT2D eigenvalue weighted by Gasteiger charge is 2.12. The van der Waals surface area contributed by atoms with Crippen molar-refractivity contribution in [2.24, 2.45) is 0 Å². The Bertz CT molecular complexity index is 946. The molecular formula is C18H13FN4. The van der Waals surface area contributed by atoms with Crippen molar-refractivity contribution in [2.45, 2.75) is 6.54 Å². The van der Waals surface area contributed by atoms with Gasteiger partial charge in [-0.25, -0.2) is 19.3 Å². The molecule has 0 unspecified atom stereocenters. The van der Waals surface area contributed by atoms with E-state index in [1.165, 1.54) is 24.0 Å². The molecule has 112 valence electrons. The molecule has 0 atom stereocenters. The molecule has 4 aromatic rings. The van der Waals surface area contributed by atoms with E-state index in [1.54, 1.807) is 18.5 Å². The summed E-state index contributed by atoms with van der Waals surface area (Å²) in [6.45, 7) is 0.692. The smallest absolute Gasteiger partial charge is 0.164 e. The summed E-state index contributed by atoms with van der Waals surface area (Å²) in [5.41, 5.74) is 4.19. The van der Waals surface area contributed by atoms with E-state index >= 15 is 0 Å². The van der Waals surface area contributed by atoms with Crippen LogP contribution < -0.4 is 0 Å². The maximum Gasteiger partial charge on any atom is 0.164 e. The fourth-order valence-corrected chi connectivity index (χ4v) is 2.60. The molecule has 5 heteroatoms. The molecule has 0 saturated heterocycles. The van der Waals surface area contributed by atoms with Gasteiger partial charge in [-0.15, -0.1) is 0 Å². The van der Waals surface area contributed by atoms with Crippen LogP contribution in [-0.2, 0) is 6.54 Å². The average Bonchev–Trinajstić information content (AvgIpc) is 3.00. The Balaban J connectivity index is 1.79. The molecule has 0 aliphatic rings. The van der Waals surface area contributed by atoms with Crippen LogP contribution in [0.2, 0.25) is 0 Å². The molecule has 0 bridgehead atoms. The van der Waals surface area contributed by atoms with E-state index in [9.17, 15) is 4.39 Å². The topological polar surface area (TPSA) is 43.6 Å². The Hall–Kier alpha value is -3.08. The third kappa shape index (κ3) is 2.57. The van der Waals surface area contributed by atoms with Crippen LogP contribution in [0.3, 0.4) is 0 Å². The molecule has 0 amide bonds. The first kappa shape index (κ1) is 13.6. The molecule has 2 aromatic heterocycles. The van der Waals surface area contributed by atoms with Gasteiger partial charge in [0.15, 0.2) is 5.65 Å². The van der Waals surface area contributed by atoms with Crippen LogP contribution in [0.5, 0.6) is 0 Å². The Morgan fingerprint density at radius 3 is 2.43 bits per heavy atom. The van der Waals surface area contributed by atoms with E-state index < -0.39 is 0 Å². The minimum atomic E-state index is -0.270. The number of hydrogen-bond acceptors (Lipinski definition) is 3. The average molecular weight is 304 g/mol. The van der Waals surface area contributed by atoms with Crippen molar-refractivity contribution < 1.29 is 4.39 Å². The zero-order chi connectivity index (χ0) is 15.6. The first-order valence-corrected chi connectivity index (χ1v) is 7.27. The molecule has 23 heavy (non-hydrogen) atoms. The van der Waals surface area contributed by atoms with Gasteiger partial charge in [0.05, 0.1) is 12.9 Å². The number of nitrogens with zero attached hydrogens (tertiary/aromatic N) is 4. The van der Waals surface area contributed by atoms with Crippen LogP contribution in [-0.4, -0.2) is 19.5 Å². The lowest BCUT2D eigenvalue weighted by atomic mass is 10.1.